The lowest BCUT2D eigenvalue weighted by Gasteiger charge is -2.10. The highest BCUT2D eigenvalue weighted by Crippen LogP contribution is 2.25. The molecular weight excluding hydrogens is 230 g/mol. The van der Waals surface area contributed by atoms with E-state index in [1.807, 2.05) is 0 Å². The molecule has 2 rings (SSSR count). The number of aliphatic hydroxyl groups is 1. The third-order valence-corrected chi connectivity index (χ3v) is 2.95. The van der Waals surface area contributed by atoms with Crippen molar-refractivity contribution in [1.29, 1.82) is 0 Å². The van der Waals surface area contributed by atoms with E-state index in [2.05, 4.69) is 4.98 Å². The van der Waals surface area contributed by atoms with Crippen LogP contribution < -0.4 is 11.4 Å². The lowest BCUT2D eigenvalue weighted by molar-refractivity contribution is 0.268. The minimum absolute atomic E-state index is 0.191. The molecule has 0 fully saturated rings. The summed E-state index contributed by atoms with van der Waals surface area (Å²) >= 11 is 6.02. The lowest BCUT2D eigenvalue weighted by Crippen LogP contribution is -2.15. The molecule has 1 unspecified atom stereocenters. The van der Waals surface area contributed by atoms with Crippen LogP contribution in [0, 0.1) is 0 Å². The first-order chi connectivity index (χ1) is 7.54. The average Bonchev–Trinajstić information content (AvgIpc) is 2.52. The van der Waals surface area contributed by atoms with Gasteiger partial charge in [0.2, 0.25) is 0 Å². The first-order valence-corrected chi connectivity index (χ1v) is 5.17. The van der Waals surface area contributed by atoms with Gasteiger partial charge in [0, 0.05) is 12.1 Å². The van der Waals surface area contributed by atoms with Crippen LogP contribution in [-0.4, -0.2) is 21.3 Å². The van der Waals surface area contributed by atoms with Gasteiger partial charge in [0.05, 0.1) is 23.7 Å². The van der Waals surface area contributed by atoms with Crippen LogP contribution in [-0.2, 0) is 7.05 Å². The number of nitrogens with two attached hydrogens (primary N) is 1. The third-order valence-electron chi connectivity index (χ3n) is 2.62. The van der Waals surface area contributed by atoms with Crippen molar-refractivity contribution in [3.8, 4) is 0 Å². The van der Waals surface area contributed by atoms with Crippen LogP contribution in [0.1, 0.15) is 11.6 Å². The van der Waals surface area contributed by atoms with E-state index in [0.717, 1.165) is 0 Å². The Balaban J connectivity index is 2.73. The minimum Gasteiger partial charge on any atom is -0.394 e. The van der Waals surface area contributed by atoms with Crippen LogP contribution in [0.4, 0.5) is 0 Å². The number of fused-ring (bicyclic) bond motifs is 1. The van der Waals surface area contributed by atoms with Gasteiger partial charge in [-0.25, -0.2) is 4.79 Å². The molecule has 0 bridgehead atoms. The second-order valence-corrected chi connectivity index (χ2v) is 4.08. The van der Waals surface area contributed by atoms with Gasteiger partial charge >= 0.3 is 5.69 Å². The summed E-state index contributed by atoms with van der Waals surface area (Å²) < 4.78 is 1.47. The molecule has 1 aromatic carbocycles. The van der Waals surface area contributed by atoms with Crippen LogP contribution in [0.25, 0.3) is 11.0 Å². The zero-order valence-electron chi connectivity index (χ0n) is 8.70. The van der Waals surface area contributed by atoms with Gasteiger partial charge in [-0.05, 0) is 17.7 Å². The molecule has 0 saturated carbocycles. The van der Waals surface area contributed by atoms with Gasteiger partial charge in [-0.3, -0.25) is 4.57 Å². The molecule has 0 aliphatic rings. The van der Waals surface area contributed by atoms with Crippen molar-refractivity contribution in [3.05, 3.63) is 33.2 Å². The summed E-state index contributed by atoms with van der Waals surface area (Å²) in [4.78, 5) is 14.1. The molecular formula is C10H12ClN3O2. The van der Waals surface area contributed by atoms with Gasteiger partial charge in [0.25, 0.3) is 0 Å². The fourth-order valence-corrected chi connectivity index (χ4v) is 1.95. The van der Waals surface area contributed by atoms with Crippen LogP contribution in [0.3, 0.4) is 0 Å². The Morgan fingerprint density at radius 2 is 2.31 bits per heavy atom. The van der Waals surface area contributed by atoms with Crippen molar-refractivity contribution in [1.82, 2.24) is 9.55 Å². The number of imidazole rings is 1. The standard InChI is InChI=1S/C10H12ClN3O2/c1-14-9-2-5(7(12)4-15)6(11)3-8(9)13-10(14)16/h2-3,7,15H,4,12H2,1H3,(H,13,16). The first kappa shape index (κ1) is 11.2. The van der Waals surface area contributed by atoms with Gasteiger partial charge in [0.1, 0.15) is 0 Å². The number of halogens is 1. The molecule has 86 valence electrons. The molecule has 1 aromatic heterocycles. The smallest absolute Gasteiger partial charge is 0.326 e. The van der Waals surface area contributed by atoms with Crippen molar-refractivity contribution < 1.29 is 5.11 Å². The number of hydrogen-bond acceptors (Lipinski definition) is 3. The maximum Gasteiger partial charge on any atom is 0.326 e. The highest BCUT2D eigenvalue weighted by atomic mass is 35.5. The van der Waals surface area contributed by atoms with E-state index in [9.17, 15) is 4.79 Å². The predicted octanol–water partition coefficient (Wildman–Crippen LogP) is 0.512. The molecule has 0 aliphatic heterocycles. The highest BCUT2D eigenvalue weighted by Gasteiger charge is 2.13. The van der Waals surface area contributed by atoms with Crippen molar-refractivity contribution >= 4 is 22.6 Å². The van der Waals surface area contributed by atoms with Crippen LogP contribution in [0.15, 0.2) is 16.9 Å². The second kappa shape index (κ2) is 3.93. The quantitative estimate of drug-likeness (QED) is 0.716. The number of benzene rings is 1. The Hall–Kier alpha value is -1.30. The van der Waals surface area contributed by atoms with E-state index in [-0.39, 0.29) is 12.3 Å². The fourth-order valence-electron chi connectivity index (χ4n) is 1.65. The molecule has 1 heterocycles. The Kier molecular flexibility index (Phi) is 2.75. The summed E-state index contributed by atoms with van der Waals surface area (Å²) in [5, 5.41) is 9.44. The molecule has 4 N–H and O–H groups in total. The van der Waals surface area contributed by atoms with Gasteiger partial charge < -0.3 is 15.8 Å². The number of aliphatic hydroxyl groups excluding tert-OH is 1. The number of aromatic amines is 1. The summed E-state index contributed by atoms with van der Waals surface area (Å²) in [5.41, 5.74) is 7.51. The topological polar surface area (TPSA) is 84.0 Å². The van der Waals surface area contributed by atoms with E-state index in [4.69, 9.17) is 22.4 Å². The Bertz CT molecular complexity index is 587. The normalized spacial score (nSPS) is 13.2. The number of aromatic nitrogens is 2. The minimum atomic E-state index is -0.540. The zero-order valence-corrected chi connectivity index (χ0v) is 9.45. The van der Waals surface area contributed by atoms with E-state index in [0.29, 0.717) is 21.6 Å². The molecule has 1 atom stereocenters. The average molecular weight is 242 g/mol. The molecule has 0 radical (unpaired) electrons. The molecule has 0 spiro atoms. The largest absolute Gasteiger partial charge is 0.394 e. The molecule has 0 amide bonds. The Morgan fingerprint density at radius 3 is 2.94 bits per heavy atom. The monoisotopic (exact) mass is 241 g/mol. The number of nitrogens with zero attached hydrogens (tertiary/aromatic N) is 1. The number of aryl methyl sites for hydroxylation is 1. The SMILES string of the molecule is Cn1c(=O)[nH]c2cc(Cl)c(C(N)CO)cc21. The van der Waals surface area contributed by atoms with Crippen molar-refractivity contribution in [2.45, 2.75) is 6.04 Å². The van der Waals surface area contributed by atoms with Gasteiger partial charge in [-0.1, -0.05) is 11.6 Å². The zero-order chi connectivity index (χ0) is 11.9. The maximum absolute atomic E-state index is 11.4. The van der Waals surface area contributed by atoms with Gasteiger partial charge in [0.15, 0.2) is 0 Å². The van der Waals surface area contributed by atoms with Crippen molar-refractivity contribution in [2.24, 2.45) is 12.8 Å². The predicted molar refractivity (Wildman–Crippen MR) is 62.6 cm³/mol. The third kappa shape index (κ3) is 1.63. The highest BCUT2D eigenvalue weighted by molar-refractivity contribution is 6.32. The number of hydrogen-bond donors (Lipinski definition) is 3. The molecule has 0 saturated heterocycles. The van der Waals surface area contributed by atoms with E-state index in [1.54, 1.807) is 19.2 Å². The number of nitrogens with one attached hydrogen (secondary N) is 1. The van der Waals surface area contributed by atoms with Gasteiger partial charge in [-0.15, -0.1) is 0 Å². The molecule has 6 heteroatoms. The first-order valence-electron chi connectivity index (χ1n) is 4.79. The molecule has 0 aliphatic carbocycles. The Morgan fingerprint density at radius 1 is 1.62 bits per heavy atom. The van der Waals surface area contributed by atoms with E-state index in [1.165, 1.54) is 4.57 Å². The van der Waals surface area contributed by atoms with Crippen molar-refractivity contribution in [3.63, 3.8) is 0 Å². The summed E-state index contributed by atoms with van der Waals surface area (Å²) in [6.07, 6.45) is 0. The molecule has 16 heavy (non-hydrogen) atoms. The van der Waals surface area contributed by atoms with E-state index < -0.39 is 6.04 Å². The summed E-state index contributed by atoms with van der Waals surface area (Å²) in [6.45, 7) is -0.191. The maximum atomic E-state index is 11.4. The van der Waals surface area contributed by atoms with Crippen molar-refractivity contribution in [2.75, 3.05) is 6.61 Å². The number of rotatable bonds is 2. The van der Waals surface area contributed by atoms with E-state index >= 15 is 0 Å². The summed E-state index contributed by atoms with van der Waals surface area (Å²) in [7, 11) is 1.66. The molecule has 2 aromatic rings. The van der Waals surface area contributed by atoms with Crippen LogP contribution in [0.5, 0.6) is 0 Å². The van der Waals surface area contributed by atoms with Gasteiger partial charge in [-0.2, -0.15) is 0 Å². The molecule has 5 nitrogen and oxygen atoms in total. The summed E-state index contributed by atoms with van der Waals surface area (Å²) in [6, 6.07) is 2.82. The van der Waals surface area contributed by atoms with Crippen LogP contribution in [0.2, 0.25) is 5.02 Å². The second-order valence-electron chi connectivity index (χ2n) is 3.67. The number of H-pyrrole nitrogens is 1. The van der Waals surface area contributed by atoms with Crippen LogP contribution >= 0.6 is 11.6 Å². The fraction of sp³-hybridized carbons (Fsp3) is 0.300. The lowest BCUT2D eigenvalue weighted by atomic mass is 10.1. The summed E-state index contributed by atoms with van der Waals surface area (Å²) in [5.74, 6) is 0. The Labute approximate surface area is 96.4 Å².